The van der Waals surface area contributed by atoms with Crippen LogP contribution in [0.25, 0.3) is 16.6 Å². The van der Waals surface area contributed by atoms with Gasteiger partial charge in [-0.2, -0.15) is 0 Å². The van der Waals surface area contributed by atoms with Crippen LogP contribution in [0.3, 0.4) is 0 Å². The molecular weight excluding hydrogens is 354 g/mol. The molecule has 0 aliphatic carbocycles. The highest BCUT2D eigenvalue weighted by Gasteiger charge is 2.12. The van der Waals surface area contributed by atoms with Gasteiger partial charge in [-0.3, -0.25) is 9.20 Å². The molecule has 0 aliphatic rings. The number of hydrogen-bond acceptors (Lipinski definition) is 6. The highest BCUT2D eigenvalue weighted by molar-refractivity contribution is 7.99. The lowest BCUT2D eigenvalue weighted by molar-refractivity contribution is -0.115. The van der Waals surface area contributed by atoms with E-state index in [1.807, 2.05) is 28.0 Å². The standard InChI is InChI=1S/C17H15N5OS2/c1-11-10-14-20-21-17(22(14)13-5-3-2-4-12(11)13)25-8-6-15(23)19-16-18-7-9-24-16/h2-5,7,9-10H,6,8H2,1H3,(H,18,19,23). The van der Waals surface area contributed by atoms with E-state index in [1.54, 1.807) is 6.20 Å². The summed E-state index contributed by atoms with van der Waals surface area (Å²) in [6, 6.07) is 10.2. The van der Waals surface area contributed by atoms with E-state index in [1.165, 1.54) is 34.0 Å². The number of aromatic nitrogens is 4. The predicted octanol–water partition coefficient (Wildman–Crippen LogP) is 3.77. The first-order chi connectivity index (χ1) is 12.2. The van der Waals surface area contributed by atoms with Crippen LogP contribution in [-0.4, -0.2) is 31.2 Å². The number of thioether (sulfide) groups is 1. The number of carbonyl (C=O) groups excluding carboxylic acids is 1. The van der Waals surface area contributed by atoms with Crippen LogP contribution in [0.15, 0.2) is 47.1 Å². The molecular formula is C17H15N5OS2. The third-order valence-corrected chi connectivity index (χ3v) is 5.43. The van der Waals surface area contributed by atoms with E-state index in [0.717, 1.165) is 16.3 Å². The van der Waals surface area contributed by atoms with Crippen molar-refractivity contribution in [3.8, 4) is 0 Å². The third-order valence-electron chi connectivity index (χ3n) is 3.81. The lowest BCUT2D eigenvalue weighted by atomic mass is 10.1. The number of nitrogens with one attached hydrogen (secondary N) is 1. The highest BCUT2D eigenvalue weighted by Crippen LogP contribution is 2.26. The molecule has 3 heterocycles. The number of para-hydroxylation sites is 1. The Morgan fingerprint density at radius 3 is 3.04 bits per heavy atom. The molecule has 6 nitrogen and oxygen atoms in total. The van der Waals surface area contributed by atoms with Crippen molar-refractivity contribution in [1.29, 1.82) is 0 Å². The van der Waals surface area contributed by atoms with Crippen molar-refractivity contribution in [3.05, 3.63) is 47.5 Å². The second-order valence-electron chi connectivity index (χ2n) is 5.50. The average molecular weight is 369 g/mol. The Bertz CT molecular complexity index is 1040. The number of benzene rings is 1. The van der Waals surface area contributed by atoms with Crippen molar-refractivity contribution in [1.82, 2.24) is 19.6 Å². The lowest BCUT2D eigenvalue weighted by Crippen LogP contribution is -2.11. The molecule has 0 atom stereocenters. The maximum atomic E-state index is 12.0. The highest BCUT2D eigenvalue weighted by atomic mass is 32.2. The maximum absolute atomic E-state index is 12.0. The summed E-state index contributed by atoms with van der Waals surface area (Å²) in [6.07, 6.45) is 2.06. The quantitative estimate of drug-likeness (QED) is 0.542. The Labute approximate surface area is 152 Å². The number of amides is 1. The van der Waals surface area contributed by atoms with E-state index in [2.05, 4.69) is 39.6 Å². The Morgan fingerprint density at radius 1 is 1.32 bits per heavy atom. The fourth-order valence-electron chi connectivity index (χ4n) is 2.67. The first-order valence-corrected chi connectivity index (χ1v) is 9.64. The molecule has 0 saturated heterocycles. The van der Waals surface area contributed by atoms with Crippen LogP contribution >= 0.6 is 23.1 Å². The zero-order valence-electron chi connectivity index (χ0n) is 13.5. The zero-order valence-corrected chi connectivity index (χ0v) is 15.1. The number of carbonyl (C=O) groups is 1. The van der Waals surface area contributed by atoms with E-state index in [-0.39, 0.29) is 5.91 Å². The largest absolute Gasteiger partial charge is 0.302 e. The molecule has 1 N–H and O–H groups in total. The van der Waals surface area contributed by atoms with Crippen LogP contribution in [0.2, 0.25) is 0 Å². The number of hydrogen-bond donors (Lipinski definition) is 1. The molecule has 0 spiro atoms. The Morgan fingerprint density at radius 2 is 2.20 bits per heavy atom. The predicted molar refractivity (Wildman–Crippen MR) is 101 cm³/mol. The smallest absolute Gasteiger partial charge is 0.226 e. The van der Waals surface area contributed by atoms with Crippen LogP contribution in [0.1, 0.15) is 12.0 Å². The second-order valence-corrected chi connectivity index (χ2v) is 7.46. The number of pyridine rings is 1. The molecule has 1 amide bonds. The minimum atomic E-state index is -0.0445. The van der Waals surface area contributed by atoms with E-state index >= 15 is 0 Å². The van der Waals surface area contributed by atoms with Gasteiger partial charge in [0, 0.05) is 29.1 Å². The molecule has 4 rings (SSSR count). The monoisotopic (exact) mass is 369 g/mol. The number of thiazole rings is 1. The molecule has 0 bridgehead atoms. The molecule has 0 aliphatic heterocycles. The summed E-state index contributed by atoms with van der Waals surface area (Å²) in [5.74, 6) is 0.581. The summed E-state index contributed by atoms with van der Waals surface area (Å²) in [4.78, 5) is 16.0. The van der Waals surface area contributed by atoms with Gasteiger partial charge in [-0.1, -0.05) is 30.0 Å². The summed E-state index contributed by atoms with van der Waals surface area (Å²) in [6.45, 7) is 2.08. The molecule has 0 saturated carbocycles. The number of nitrogens with zero attached hydrogens (tertiary/aromatic N) is 4. The average Bonchev–Trinajstić information content (AvgIpc) is 3.25. The van der Waals surface area contributed by atoms with Crippen molar-refractivity contribution in [2.24, 2.45) is 0 Å². The van der Waals surface area contributed by atoms with Gasteiger partial charge in [0.25, 0.3) is 0 Å². The lowest BCUT2D eigenvalue weighted by Gasteiger charge is -2.07. The maximum Gasteiger partial charge on any atom is 0.226 e. The van der Waals surface area contributed by atoms with E-state index < -0.39 is 0 Å². The van der Waals surface area contributed by atoms with E-state index in [0.29, 0.717) is 17.3 Å². The number of fused-ring (bicyclic) bond motifs is 3. The van der Waals surface area contributed by atoms with Crippen molar-refractivity contribution < 1.29 is 4.79 Å². The van der Waals surface area contributed by atoms with Crippen LogP contribution < -0.4 is 5.32 Å². The molecule has 4 aromatic rings. The van der Waals surface area contributed by atoms with Gasteiger partial charge in [-0.05, 0) is 24.6 Å². The van der Waals surface area contributed by atoms with Gasteiger partial charge in [-0.15, -0.1) is 21.5 Å². The normalized spacial score (nSPS) is 11.2. The third kappa shape index (κ3) is 3.22. The number of anilines is 1. The van der Waals surface area contributed by atoms with Crippen LogP contribution in [-0.2, 0) is 4.79 Å². The van der Waals surface area contributed by atoms with Crippen LogP contribution in [0, 0.1) is 6.92 Å². The molecule has 8 heteroatoms. The summed E-state index contributed by atoms with van der Waals surface area (Å²) < 4.78 is 2.05. The summed E-state index contributed by atoms with van der Waals surface area (Å²) in [5.41, 5.74) is 3.08. The van der Waals surface area contributed by atoms with E-state index in [9.17, 15) is 4.79 Å². The van der Waals surface area contributed by atoms with Crippen molar-refractivity contribution >= 4 is 50.7 Å². The minimum Gasteiger partial charge on any atom is -0.302 e. The van der Waals surface area contributed by atoms with Crippen molar-refractivity contribution in [2.75, 3.05) is 11.1 Å². The molecule has 0 fully saturated rings. The zero-order chi connectivity index (χ0) is 17.2. The van der Waals surface area contributed by atoms with Crippen LogP contribution in [0.5, 0.6) is 0 Å². The van der Waals surface area contributed by atoms with Gasteiger partial charge in [0.1, 0.15) is 0 Å². The first-order valence-electron chi connectivity index (χ1n) is 7.78. The number of aryl methyl sites for hydroxylation is 1. The second kappa shape index (κ2) is 6.81. The fraction of sp³-hybridized carbons (Fsp3) is 0.176. The van der Waals surface area contributed by atoms with Gasteiger partial charge in [0.15, 0.2) is 15.9 Å². The molecule has 25 heavy (non-hydrogen) atoms. The van der Waals surface area contributed by atoms with Gasteiger partial charge in [0.05, 0.1) is 5.52 Å². The Hall–Kier alpha value is -2.45. The molecule has 0 unspecified atom stereocenters. The molecule has 3 aromatic heterocycles. The Kier molecular flexibility index (Phi) is 4.37. The van der Waals surface area contributed by atoms with Gasteiger partial charge in [0.2, 0.25) is 5.91 Å². The number of rotatable bonds is 5. The van der Waals surface area contributed by atoms with Gasteiger partial charge >= 0.3 is 0 Å². The summed E-state index contributed by atoms with van der Waals surface area (Å²) in [5, 5.41) is 15.8. The molecule has 0 radical (unpaired) electrons. The molecule has 126 valence electrons. The summed E-state index contributed by atoms with van der Waals surface area (Å²) in [7, 11) is 0. The molecule has 1 aromatic carbocycles. The van der Waals surface area contributed by atoms with Gasteiger partial charge < -0.3 is 5.32 Å². The summed E-state index contributed by atoms with van der Waals surface area (Å²) >= 11 is 2.94. The topological polar surface area (TPSA) is 72.2 Å². The SMILES string of the molecule is Cc1cc2nnc(SCCC(=O)Nc3nccs3)n2c2ccccc12. The van der Waals surface area contributed by atoms with Crippen molar-refractivity contribution in [2.45, 2.75) is 18.5 Å². The van der Waals surface area contributed by atoms with E-state index in [4.69, 9.17) is 0 Å². The van der Waals surface area contributed by atoms with Gasteiger partial charge in [-0.25, -0.2) is 4.98 Å². The van der Waals surface area contributed by atoms with Crippen LogP contribution in [0.4, 0.5) is 5.13 Å². The fourth-order valence-corrected chi connectivity index (χ4v) is 4.10. The van der Waals surface area contributed by atoms with Crippen molar-refractivity contribution in [3.63, 3.8) is 0 Å². The minimum absolute atomic E-state index is 0.0445. The Balaban J connectivity index is 1.52. The first kappa shape index (κ1) is 16.0.